The fourth-order valence-corrected chi connectivity index (χ4v) is 4.23. The summed E-state index contributed by atoms with van der Waals surface area (Å²) in [5, 5.41) is 3.30. The molecule has 1 atom stereocenters. The van der Waals surface area contributed by atoms with Gasteiger partial charge in [0.15, 0.2) is 0 Å². The predicted molar refractivity (Wildman–Crippen MR) is 133 cm³/mol. The Kier molecular flexibility index (Phi) is 6.27. The van der Waals surface area contributed by atoms with E-state index in [1.165, 1.54) is 15.7 Å². The number of rotatable bonds is 4. The van der Waals surface area contributed by atoms with Crippen molar-refractivity contribution in [1.29, 1.82) is 0 Å². The SMILES string of the molecule is CC(C)CC(C)n1c(=O)c(=NN)c(=O)n(-c2ccccc2)c2ccccc21.c1cc2cc-2c1. The van der Waals surface area contributed by atoms with Crippen molar-refractivity contribution >= 4 is 11.0 Å². The highest BCUT2D eigenvalue weighted by molar-refractivity contribution is 5.80. The maximum atomic E-state index is 13.2. The van der Waals surface area contributed by atoms with E-state index in [0.717, 1.165) is 6.42 Å². The summed E-state index contributed by atoms with van der Waals surface area (Å²) in [5.41, 5.74) is 3.82. The molecule has 0 bridgehead atoms. The molecule has 0 saturated carbocycles. The number of hydrogen-bond donors (Lipinski definition) is 1. The standard InChI is InChI=1S/C21H24N4O2.C6H4/c1-14(2)13-15(3)24-17-11-7-8-12-18(17)25(16-9-5-4-6-10-16)21(27)19(23-22)20(24)26;1-2-5-4-6(5)3-1/h4-12,14-15H,13,22H2,1-3H3;1-4H. The van der Waals surface area contributed by atoms with E-state index >= 15 is 0 Å². The molecule has 2 N–H and O–H groups in total. The van der Waals surface area contributed by atoms with Crippen molar-refractivity contribution in [2.45, 2.75) is 33.2 Å². The van der Waals surface area contributed by atoms with Crippen molar-refractivity contribution in [2.75, 3.05) is 0 Å². The summed E-state index contributed by atoms with van der Waals surface area (Å²) in [4.78, 5) is 26.4. The topological polar surface area (TPSA) is 82.4 Å². The van der Waals surface area contributed by atoms with Gasteiger partial charge in [-0.15, -0.1) is 0 Å². The van der Waals surface area contributed by atoms with E-state index in [1.807, 2.05) is 61.5 Å². The van der Waals surface area contributed by atoms with Gasteiger partial charge in [-0.25, -0.2) is 0 Å². The molecule has 0 radical (unpaired) electrons. The van der Waals surface area contributed by atoms with Crippen LogP contribution in [0.4, 0.5) is 0 Å². The van der Waals surface area contributed by atoms with Gasteiger partial charge in [0.25, 0.3) is 11.1 Å². The van der Waals surface area contributed by atoms with Crippen LogP contribution in [-0.4, -0.2) is 9.13 Å². The van der Waals surface area contributed by atoms with Gasteiger partial charge in [-0.05, 0) is 60.7 Å². The van der Waals surface area contributed by atoms with E-state index in [1.54, 1.807) is 4.57 Å². The third-order valence-electron chi connectivity index (χ3n) is 5.72. The lowest BCUT2D eigenvalue weighted by Gasteiger charge is -2.18. The van der Waals surface area contributed by atoms with Crippen LogP contribution < -0.4 is 22.3 Å². The fraction of sp³-hybridized carbons (Fsp3) is 0.222. The average molecular weight is 441 g/mol. The zero-order valence-electron chi connectivity index (χ0n) is 19.1. The van der Waals surface area contributed by atoms with Crippen molar-refractivity contribution < 1.29 is 0 Å². The minimum Gasteiger partial charge on any atom is -0.322 e. The monoisotopic (exact) mass is 440 g/mol. The largest absolute Gasteiger partial charge is 0.322 e. The van der Waals surface area contributed by atoms with Crippen LogP contribution in [-0.2, 0) is 0 Å². The Morgan fingerprint density at radius 3 is 1.91 bits per heavy atom. The second kappa shape index (κ2) is 9.28. The summed E-state index contributed by atoms with van der Waals surface area (Å²) in [7, 11) is 0. The Labute approximate surface area is 192 Å². The van der Waals surface area contributed by atoms with Gasteiger partial charge < -0.3 is 10.4 Å². The lowest BCUT2D eigenvalue weighted by atomic mass is 10.0. The summed E-state index contributed by atoms with van der Waals surface area (Å²) in [6.07, 6.45) is 0.789. The van der Waals surface area contributed by atoms with Gasteiger partial charge >= 0.3 is 0 Å². The lowest BCUT2D eigenvalue weighted by Crippen LogP contribution is -2.45. The molecule has 5 rings (SSSR count). The number of aromatic nitrogens is 2. The van der Waals surface area contributed by atoms with Crippen molar-refractivity contribution in [3.05, 3.63) is 105 Å². The van der Waals surface area contributed by atoms with Crippen LogP contribution >= 0.6 is 0 Å². The predicted octanol–water partition coefficient (Wildman–Crippen LogP) is 4.20. The molecule has 0 spiro atoms. The van der Waals surface area contributed by atoms with Gasteiger partial charge in [0.05, 0.1) is 11.0 Å². The molecule has 3 aromatic rings. The van der Waals surface area contributed by atoms with E-state index in [-0.39, 0.29) is 11.4 Å². The Morgan fingerprint density at radius 1 is 0.788 bits per heavy atom. The van der Waals surface area contributed by atoms with Crippen molar-refractivity contribution in [3.8, 4) is 16.8 Å². The maximum absolute atomic E-state index is 13.2. The Balaban J connectivity index is 0.000000367. The van der Waals surface area contributed by atoms with E-state index in [2.05, 4.69) is 43.2 Å². The molecule has 2 aromatic carbocycles. The van der Waals surface area contributed by atoms with Crippen LogP contribution in [0.5, 0.6) is 0 Å². The number of nitrogens with zero attached hydrogens (tertiary/aromatic N) is 3. The highest BCUT2D eigenvalue weighted by Crippen LogP contribution is 2.32. The summed E-state index contributed by atoms with van der Waals surface area (Å²) in [5.74, 6) is 5.88. The molecular formula is C27H28N4O2. The number of nitrogens with two attached hydrogens (primary N) is 1. The molecule has 2 aliphatic rings. The zero-order valence-corrected chi connectivity index (χ0v) is 19.1. The van der Waals surface area contributed by atoms with Gasteiger partial charge in [-0.2, -0.15) is 5.10 Å². The number of fused-ring (bicyclic) bond motifs is 2. The van der Waals surface area contributed by atoms with Crippen LogP contribution in [0, 0.1) is 5.92 Å². The Bertz CT molecular complexity index is 1470. The third-order valence-corrected chi connectivity index (χ3v) is 5.72. The van der Waals surface area contributed by atoms with E-state index in [4.69, 9.17) is 5.84 Å². The molecule has 6 heteroatoms. The normalized spacial score (nSPS) is 12.9. The molecule has 0 amide bonds. The second-order valence-electron chi connectivity index (χ2n) is 8.68. The molecule has 1 aromatic heterocycles. The van der Waals surface area contributed by atoms with Crippen molar-refractivity contribution in [3.63, 3.8) is 0 Å². The Morgan fingerprint density at radius 2 is 1.39 bits per heavy atom. The first-order valence-electron chi connectivity index (χ1n) is 11.1. The smallest absolute Gasteiger partial charge is 0.289 e. The minimum absolute atomic E-state index is 0.112. The fourth-order valence-electron chi connectivity index (χ4n) is 4.23. The van der Waals surface area contributed by atoms with Crippen LogP contribution in [0.1, 0.15) is 33.2 Å². The van der Waals surface area contributed by atoms with Crippen molar-refractivity contribution in [2.24, 2.45) is 16.9 Å². The minimum atomic E-state index is -0.527. The van der Waals surface area contributed by atoms with Crippen LogP contribution in [0.2, 0.25) is 0 Å². The first-order chi connectivity index (χ1) is 15.9. The van der Waals surface area contributed by atoms with Gasteiger partial charge in [-0.1, -0.05) is 62.4 Å². The van der Waals surface area contributed by atoms with Crippen molar-refractivity contribution in [1.82, 2.24) is 9.13 Å². The first-order valence-corrected chi connectivity index (χ1v) is 11.1. The number of para-hydroxylation sites is 3. The lowest BCUT2D eigenvalue weighted by molar-refractivity contribution is 0.428. The highest BCUT2D eigenvalue weighted by Gasteiger charge is 2.17. The van der Waals surface area contributed by atoms with Crippen LogP contribution in [0.15, 0.2) is 93.6 Å². The molecule has 0 fully saturated rings. The second-order valence-corrected chi connectivity index (χ2v) is 8.68. The van der Waals surface area contributed by atoms with Crippen LogP contribution in [0.3, 0.4) is 0 Å². The summed E-state index contributed by atoms with van der Waals surface area (Å²) < 4.78 is 3.14. The van der Waals surface area contributed by atoms with Gasteiger partial charge in [-0.3, -0.25) is 14.2 Å². The molecule has 1 unspecified atom stereocenters. The van der Waals surface area contributed by atoms with Gasteiger partial charge in [0, 0.05) is 11.7 Å². The zero-order chi connectivity index (χ0) is 23.5. The number of hydrogen-bond acceptors (Lipinski definition) is 4. The quantitative estimate of drug-likeness (QED) is 0.336. The first kappa shape index (κ1) is 22.3. The summed E-state index contributed by atoms with van der Waals surface area (Å²) in [6, 6.07) is 25.0. The molecule has 0 aliphatic heterocycles. The molecule has 0 saturated heterocycles. The maximum Gasteiger partial charge on any atom is 0.289 e. The van der Waals surface area contributed by atoms with Gasteiger partial charge in [0.2, 0.25) is 5.36 Å². The molecule has 168 valence electrons. The Hall–Kier alpha value is -3.93. The summed E-state index contributed by atoms with van der Waals surface area (Å²) >= 11 is 0. The van der Waals surface area contributed by atoms with E-state index < -0.39 is 11.1 Å². The molecule has 6 nitrogen and oxygen atoms in total. The third kappa shape index (κ3) is 4.51. The van der Waals surface area contributed by atoms with Crippen LogP contribution in [0.25, 0.3) is 27.8 Å². The molecule has 1 heterocycles. The molecular weight excluding hydrogens is 412 g/mol. The number of benzene rings is 3. The average Bonchev–Trinajstić information content (AvgIpc) is 3.42. The van der Waals surface area contributed by atoms with E-state index in [9.17, 15) is 9.59 Å². The molecule has 33 heavy (non-hydrogen) atoms. The van der Waals surface area contributed by atoms with Gasteiger partial charge in [0.1, 0.15) is 0 Å². The summed E-state index contributed by atoms with van der Waals surface area (Å²) in [6.45, 7) is 6.18. The highest BCUT2D eigenvalue weighted by atomic mass is 16.1. The molecule has 2 aliphatic carbocycles. The van der Waals surface area contributed by atoms with E-state index in [0.29, 0.717) is 22.6 Å².